The minimum Gasteiger partial charge on any atom is -0.494 e. The highest BCUT2D eigenvalue weighted by Gasteiger charge is 2.14. The van der Waals surface area contributed by atoms with Crippen molar-refractivity contribution in [1.29, 1.82) is 0 Å². The van der Waals surface area contributed by atoms with Crippen molar-refractivity contribution in [2.75, 3.05) is 29.2 Å². The second-order valence-electron chi connectivity index (χ2n) is 7.32. The van der Waals surface area contributed by atoms with Gasteiger partial charge in [0.25, 0.3) is 17.7 Å². The molecule has 0 aliphatic carbocycles. The normalized spacial score (nSPS) is 10.5. The number of para-hydroxylation sites is 2. The number of aryl methyl sites for hydroxylation is 1. The van der Waals surface area contributed by atoms with E-state index in [0.29, 0.717) is 29.4 Å². The van der Waals surface area contributed by atoms with Gasteiger partial charge in [0.2, 0.25) is 0 Å². The molecule has 0 fully saturated rings. The number of carbonyl (C=O) groups excluding carboxylic acids is 3. The van der Waals surface area contributed by atoms with Gasteiger partial charge in [-0.2, -0.15) is 0 Å². The van der Waals surface area contributed by atoms with Crippen molar-refractivity contribution in [3.05, 3.63) is 83.9 Å². The van der Waals surface area contributed by atoms with Crippen LogP contribution >= 0.6 is 0 Å². The molecular weight excluding hydrogens is 448 g/mol. The van der Waals surface area contributed by atoms with Crippen LogP contribution in [0.2, 0.25) is 0 Å². The van der Waals surface area contributed by atoms with Gasteiger partial charge in [-0.15, -0.1) is 0 Å². The van der Waals surface area contributed by atoms with E-state index in [9.17, 15) is 14.4 Å². The van der Waals surface area contributed by atoms with Crippen LogP contribution in [0.25, 0.3) is 0 Å². The standard InChI is InChI=1S/C26H26N4O5/c1-3-34-20-14-12-19(13-15-20)28-26(33)21-9-5-7-11-23(21)30-25(32)17-35-27-16-24(31)29-22-10-6-4-8-18(22)2/h4-16H,3,17H2,1-2H3,(H,28,33)(H,29,31)(H,30,32). The molecule has 0 radical (unpaired) electrons. The van der Waals surface area contributed by atoms with Gasteiger partial charge < -0.3 is 25.5 Å². The Kier molecular flexibility index (Phi) is 8.95. The van der Waals surface area contributed by atoms with E-state index in [1.165, 1.54) is 0 Å². The molecule has 0 saturated carbocycles. The highest BCUT2D eigenvalue weighted by atomic mass is 16.6. The van der Waals surface area contributed by atoms with E-state index in [2.05, 4.69) is 21.1 Å². The lowest BCUT2D eigenvalue weighted by Gasteiger charge is -2.11. The van der Waals surface area contributed by atoms with Crippen LogP contribution in [0.15, 0.2) is 78.0 Å². The molecule has 0 spiro atoms. The van der Waals surface area contributed by atoms with Crippen LogP contribution < -0.4 is 20.7 Å². The van der Waals surface area contributed by atoms with Crippen LogP contribution in [0.4, 0.5) is 17.1 Å². The monoisotopic (exact) mass is 474 g/mol. The number of carbonyl (C=O) groups is 3. The van der Waals surface area contributed by atoms with Gasteiger partial charge in [-0.1, -0.05) is 35.5 Å². The average Bonchev–Trinajstić information content (AvgIpc) is 2.85. The lowest BCUT2D eigenvalue weighted by Crippen LogP contribution is -2.21. The molecule has 35 heavy (non-hydrogen) atoms. The zero-order valence-electron chi connectivity index (χ0n) is 19.4. The second-order valence-corrected chi connectivity index (χ2v) is 7.32. The first-order chi connectivity index (χ1) is 17.0. The van der Waals surface area contributed by atoms with Crippen molar-refractivity contribution >= 4 is 41.0 Å². The van der Waals surface area contributed by atoms with Crippen LogP contribution in [0, 0.1) is 6.92 Å². The van der Waals surface area contributed by atoms with E-state index in [0.717, 1.165) is 11.8 Å². The van der Waals surface area contributed by atoms with Gasteiger partial charge in [0.1, 0.15) is 12.0 Å². The smallest absolute Gasteiger partial charge is 0.270 e. The van der Waals surface area contributed by atoms with Gasteiger partial charge in [0.05, 0.1) is 17.9 Å². The molecule has 9 nitrogen and oxygen atoms in total. The van der Waals surface area contributed by atoms with Gasteiger partial charge >= 0.3 is 0 Å². The molecule has 0 saturated heterocycles. The lowest BCUT2D eigenvalue weighted by molar-refractivity contribution is -0.120. The van der Waals surface area contributed by atoms with Crippen LogP contribution in [-0.2, 0) is 14.4 Å². The number of ether oxygens (including phenoxy) is 1. The molecule has 0 atom stereocenters. The molecule has 3 aromatic rings. The molecule has 3 aromatic carbocycles. The van der Waals surface area contributed by atoms with Gasteiger partial charge in [0, 0.05) is 11.4 Å². The number of anilines is 3. The molecule has 0 aliphatic rings. The maximum absolute atomic E-state index is 12.7. The zero-order valence-corrected chi connectivity index (χ0v) is 19.4. The van der Waals surface area contributed by atoms with Crippen molar-refractivity contribution in [2.24, 2.45) is 5.16 Å². The predicted molar refractivity (Wildman–Crippen MR) is 135 cm³/mol. The van der Waals surface area contributed by atoms with Crippen LogP contribution in [0.5, 0.6) is 5.75 Å². The maximum atomic E-state index is 12.7. The first-order valence-corrected chi connectivity index (χ1v) is 10.9. The third-order valence-corrected chi connectivity index (χ3v) is 4.71. The van der Waals surface area contributed by atoms with E-state index in [1.807, 2.05) is 26.0 Å². The molecule has 9 heteroatoms. The highest BCUT2D eigenvalue weighted by Crippen LogP contribution is 2.20. The number of nitrogens with one attached hydrogen (secondary N) is 3. The number of nitrogens with zero attached hydrogens (tertiary/aromatic N) is 1. The Balaban J connectivity index is 1.51. The van der Waals surface area contributed by atoms with Gasteiger partial charge in [-0.3, -0.25) is 14.4 Å². The van der Waals surface area contributed by atoms with Crippen molar-refractivity contribution in [3.63, 3.8) is 0 Å². The molecule has 0 heterocycles. The Morgan fingerprint density at radius 1 is 0.857 bits per heavy atom. The molecule has 0 bridgehead atoms. The van der Waals surface area contributed by atoms with E-state index in [1.54, 1.807) is 60.7 Å². The summed E-state index contributed by atoms with van der Waals surface area (Å²) in [7, 11) is 0. The molecule has 3 N–H and O–H groups in total. The van der Waals surface area contributed by atoms with E-state index < -0.39 is 24.3 Å². The zero-order chi connectivity index (χ0) is 25.0. The summed E-state index contributed by atoms with van der Waals surface area (Å²) in [5, 5.41) is 11.6. The Labute approximate surface area is 203 Å². The largest absolute Gasteiger partial charge is 0.494 e. The van der Waals surface area contributed by atoms with Gasteiger partial charge in [-0.05, 0) is 61.9 Å². The molecule has 3 amide bonds. The first kappa shape index (κ1) is 25.0. The summed E-state index contributed by atoms with van der Waals surface area (Å²) < 4.78 is 5.39. The first-order valence-electron chi connectivity index (χ1n) is 10.9. The van der Waals surface area contributed by atoms with E-state index >= 15 is 0 Å². The number of amides is 3. The van der Waals surface area contributed by atoms with Crippen LogP contribution in [0.1, 0.15) is 22.8 Å². The fourth-order valence-corrected chi connectivity index (χ4v) is 3.04. The number of hydrogen-bond donors (Lipinski definition) is 3. The molecular formula is C26H26N4O5. The van der Waals surface area contributed by atoms with Crippen molar-refractivity contribution in [2.45, 2.75) is 13.8 Å². The Hall–Kier alpha value is -4.66. The van der Waals surface area contributed by atoms with Crippen molar-refractivity contribution < 1.29 is 24.0 Å². The fourth-order valence-electron chi connectivity index (χ4n) is 3.04. The fraction of sp³-hybridized carbons (Fsp3) is 0.154. The Morgan fingerprint density at radius 2 is 1.54 bits per heavy atom. The summed E-state index contributed by atoms with van der Waals surface area (Å²) in [6.45, 7) is 3.86. The van der Waals surface area contributed by atoms with Crippen LogP contribution in [-0.4, -0.2) is 37.1 Å². The minimum absolute atomic E-state index is 0.274. The number of rotatable bonds is 10. The topological polar surface area (TPSA) is 118 Å². The summed E-state index contributed by atoms with van der Waals surface area (Å²) in [5.74, 6) is -0.718. The third kappa shape index (κ3) is 7.71. The Bertz CT molecular complexity index is 1210. The number of oxime groups is 1. The SMILES string of the molecule is CCOc1ccc(NC(=O)c2ccccc2NC(=O)CON=CC(=O)Nc2ccccc2C)cc1. The average molecular weight is 475 g/mol. The molecule has 180 valence electrons. The summed E-state index contributed by atoms with van der Waals surface area (Å²) in [5.41, 5.74) is 2.73. The summed E-state index contributed by atoms with van der Waals surface area (Å²) >= 11 is 0. The van der Waals surface area contributed by atoms with Crippen molar-refractivity contribution in [1.82, 2.24) is 0 Å². The molecule has 3 rings (SSSR count). The maximum Gasteiger partial charge on any atom is 0.270 e. The van der Waals surface area contributed by atoms with E-state index in [-0.39, 0.29) is 5.56 Å². The molecule has 0 aromatic heterocycles. The minimum atomic E-state index is -0.539. The predicted octanol–water partition coefficient (Wildman–Crippen LogP) is 4.23. The second kappa shape index (κ2) is 12.5. The van der Waals surface area contributed by atoms with E-state index in [4.69, 9.17) is 9.57 Å². The summed E-state index contributed by atoms with van der Waals surface area (Å²) in [6.07, 6.45) is 0.942. The quantitative estimate of drug-likeness (QED) is 0.300. The van der Waals surface area contributed by atoms with Gasteiger partial charge in [0.15, 0.2) is 6.61 Å². The highest BCUT2D eigenvalue weighted by molar-refractivity contribution is 6.31. The van der Waals surface area contributed by atoms with Gasteiger partial charge in [-0.25, -0.2) is 0 Å². The third-order valence-electron chi connectivity index (χ3n) is 4.71. The summed E-state index contributed by atoms with van der Waals surface area (Å²) in [6, 6.07) is 20.8. The number of hydrogen-bond acceptors (Lipinski definition) is 6. The van der Waals surface area contributed by atoms with Crippen LogP contribution in [0.3, 0.4) is 0 Å². The summed E-state index contributed by atoms with van der Waals surface area (Å²) in [4.78, 5) is 41.9. The Morgan fingerprint density at radius 3 is 2.26 bits per heavy atom. The molecule has 0 unspecified atom stereocenters. The molecule has 0 aliphatic heterocycles. The lowest BCUT2D eigenvalue weighted by atomic mass is 10.1. The van der Waals surface area contributed by atoms with Crippen molar-refractivity contribution in [3.8, 4) is 5.75 Å². The number of benzene rings is 3.